The highest BCUT2D eigenvalue weighted by atomic mass is 16.5. The molecule has 10 heteroatoms. The second-order valence-corrected chi connectivity index (χ2v) is 5.61. The number of benzene rings is 1. The number of hydrogen-bond acceptors (Lipinski definition) is 6. The average molecular weight is 364 g/mol. The smallest absolute Gasteiger partial charge is 0.328 e. The monoisotopic (exact) mass is 364 g/mol. The molecule has 27 heavy (non-hydrogen) atoms. The minimum Gasteiger partial charge on any atom is -0.496 e. The summed E-state index contributed by atoms with van der Waals surface area (Å²) in [5.41, 5.74) is 1.52. The van der Waals surface area contributed by atoms with Gasteiger partial charge >= 0.3 is 12.1 Å². The molecule has 0 aliphatic rings. The van der Waals surface area contributed by atoms with Crippen LogP contribution in [0.5, 0.6) is 5.75 Å². The number of anilines is 1. The van der Waals surface area contributed by atoms with E-state index in [1.54, 1.807) is 25.8 Å². The summed E-state index contributed by atoms with van der Waals surface area (Å²) in [5, 5.41) is 9.11. The standard InChI is InChI=1S/C17H14N7O3/c1-27-12-5-3-2-4-10(12)8-24-16-13(20-17(24)26)15(18-9-25)21-14(22-16)11-6-7-19-23-11/h2-7H,8H2,1H3,(H,19,23)(H,20,26)(H,18,21,22,25). The van der Waals surface area contributed by atoms with Gasteiger partial charge < -0.3 is 15.0 Å². The number of carbonyl (C=O) groups excluding carboxylic acids is 1. The molecule has 0 aliphatic carbocycles. The number of nitrogens with zero attached hydrogens (tertiary/aromatic N) is 4. The molecule has 0 spiro atoms. The number of hydrogen-bond donors (Lipinski definition) is 3. The molecular formula is C17H14N7O3. The van der Waals surface area contributed by atoms with Crippen molar-refractivity contribution in [3.05, 3.63) is 52.6 Å². The van der Waals surface area contributed by atoms with Crippen molar-refractivity contribution in [3.8, 4) is 17.3 Å². The lowest BCUT2D eigenvalue weighted by atomic mass is 10.2. The van der Waals surface area contributed by atoms with Gasteiger partial charge in [-0.05, 0) is 12.1 Å². The van der Waals surface area contributed by atoms with Crippen molar-refractivity contribution in [2.24, 2.45) is 0 Å². The van der Waals surface area contributed by atoms with E-state index < -0.39 is 5.69 Å². The molecule has 0 saturated heterocycles. The molecule has 0 atom stereocenters. The lowest BCUT2D eigenvalue weighted by Gasteiger charge is -2.09. The Balaban J connectivity index is 1.91. The van der Waals surface area contributed by atoms with Crippen molar-refractivity contribution in [2.45, 2.75) is 6.54 Å². The van der Waals surface area contributed by atoms with Crippen LogP contribution in [0.2, 0.25) is 0 Å². The van der Waals surface area contributed by atoms with Crippen LogP contribution < -0.4 is 15.7 Å². The Kier molecular flexibility index (Phi) is 4.13. The fraction of sp³-hybridized carbons (Fsp3) is 0.118. The van der Waals surface area contributed by atoms with E-state index in [0.29, 0.717) is 22.6 Å². The minimum absolute atomic E-state index is 0.142. The SMILES string of the molecule is COc1ccccc1Cn1c(=O)[nH]c2c(N[C]=O)nc(-c3cc[nH]n3)nc21. The summed E-state index contributed by atoms with van der Waals surface area (Å²) in [5.74, 6) is 1.05. The fourth-order valence-electron chi connectivity index (χ4n) is 2.82. The van der Waals surface area contributed by atoms with Crippen LogP contribution in [0.15, 0.2) is 41.3 Å². The summed E-state index contributed by atoms with van der Waals surface area (Å²) in [4.78, 5) is 34.8. The van der Waals surface area contributed by atoms with Crippen molar-refractivity contribution in [1.29, 1.82) is 0 Å². The number of rotatable bonds is 6. The largest absolute Gasteiger partial charge is 0.496 e. The van der Waals surface area contributed by atoms with Crippen LogP contribution in [0.4, 0.5) is 5.82 Å². The number of aromatic nitrogens is 6. The third kappa shape index (κ3) is 2.92. The Morgan fingerprint density at radius 3 is 2.85 bits per heavy atom. The summed E-state index contributed by atoms with van der Waals surface area (Å²) in [7, 11) is 1.57. The molecule has 3 heterocycles. The summed E-state index contributed by atoms with van der Waals surface area (Å²) in [6.45, 7) is 0.226. The van der Waals surface area contributed by atoms with E-state index in [-0.39, 0.29) is 18.2 Å². The number of amides is 1. The Bertz CT molecular complexity index is 1160. The van der Waals surface area contributed by atoms with Gasteiger partial charge in [0.05, 0.1) is 13.7 Å². The summed E-state index contributed by atoms with van der Waals surface area (Å²) >= 11 is 0. The van der Waals surface area contributed by atoms with Crippen LogP contribution in [-0.2, 0) is 11.3 Å². The zero-order chi connectivity index (χ0) is 18.8. The summed E-state index contributed by atoms with van der Waals surface area (Å²) in [6, 6.07) is 9.06. The second kappa shape index (κ2) is 6.75. The predicted molar refractivity (Wildman–Crippen MR) is 97.1 cm³/mol. The molecular weight excluding hydrogens is 350 g/mol. The van der Waals surface area contributed by atoms with Crippen LogP contribution >= 0.6 is 0 Å². The number of H-pyrrole nitrogens is 2. The molecule has 0 fully saturated rings. The quantitative estimate of drug-likeness (QED) is 0.438. The van der Waals surface area contributed by atoms with Crippen LogP contribution in [0, 0.1) is 0 Å². The number of methoxy groups -OCH3 is 1. The number of aromatic amines is 2. The summed E-state index contributed by atoms with van der Waals surface area (Å²) < 4.78 is 6.80. The number of nitrogens with one attached hydrogen (secondary N) is 3. The first kappa shape index (κ1) is 16.5. The van der Waals surface area contributed by atoms with Crippen molar-refractivity contribution >= 4 is 23.4 Å². The molecule has 0 aliphatic heterocycles. The van der Waals surface area contributed by atoms with Gasteiger partial charge in [-0.2, -0.15) is 5.10 Å². The fourth-order valence-corrected chi connectivity index (χ4v) is 2.82. The topological polar surface area (TPSA) is 131 Å². The molecule has 4 rings (SSSR count). The van der Waals surface area contributed by atoms with E-state index in [4.69, 9.17) is 4.74 Å². The number of para-hydroxylation sites is 1. The third-order valence-corrected chi connectivity index (χ3v) is 4.04. The van der Waals surface area contributed by atoms with E-state index in [1.807, 2.05) is 24.3 Å². The molecule has 1 radical (unpaired) electrons. The van der Waals surface area contributed by atoms with E-state index in [1.165, 1.54) is 4.57 Å². The van der Waals surface area contributed by atoms with Gasteiger partial charge in [0.15, 0.2) is 17.3 Å². The molecule has 4 aromatic rings. The highest BCUT2D eigenvalue weighted by Crippen LogP contribution is 2.24. The Hall–Kier alpha value is -3.95. The Morgan fingerprint density at radius 1 is 1.26 bits per heavy atom. The molecule has 1 aromatic carbocycles. The van der Waals surface area contributed by atoms with Crippen LogP contribution in [-0.4, -0.2) is 43.2 Å². The van der Waals surface area contributed by atoms with Gasteiger partial charge in [-0.1, -0.05) is 18.2 Å². The first-order valence-electron chi connectivity index (χ1n) is 7.97. The van der Waals surface area contributed by atoms with Gasteiger partial charge in [0, 0.05) is 11.8 Å². The number of ether oxygens (including phenoxy) is 1. The van der Waals surface area contributed by atoms with Gasteiger partial charge in [0.25, 0.3) is 0 Å². The normalized spacial score (nSPS) is 10.9. The van der Waals surface area contributed by atoms with Gasteiger partial charge in [-0.15, -0.1) is 0 Å². The molecule has 3 N–H and O–H groups in total. The van der Waals surface area contributed by atoms with Crippen molar-refractivity contribution in [3.63, 3.8) is 0 Å². The van der Waals surface area contributed by atoms with E-state index in [2.05, 4.69) is 30.5 Å². The molecule has 3 aromatic heterocycles. The molecule has 0 bridgehead atoms. The first-order valence-corrected chi connectivity index (χ1v) is 7.97. The van der Waals surface area contributed by atoms with Gasteiger partial charge in [-0.25, -0.2) is 14.8 Å². The predicted octanol–water partition coefficient (Wildman–Crippen LogP) is 1.05. The minimum atomic E-state index is -0.390. The lowest BCUT2D eigenvalue weighted by Crippen LogP contribution is -2.18. The van der Waals surface area contributed by atoms with Gasteiger partial charge in [0.2, 0.25) is 0 Å². The van der Waals surface area contributed by atoms with Crippen molar-refractivity contribution in [1.82, 2.24) is 29.7 Å². The van der Waals surface area contributed by atoms with E-state index in [9.17, 15) is 9.59 Å². The molecule has 1 amide bonds. The van der Waals surface area contributed by atoms with Crippen LogP contribution in [0.3, 0.4) is 0 Å². The molecule has 0 unspecified atom stereocenters. The summed E-state index contributed by atoms with van der Waals surface area (Å²) in [6.07, 6.45) is 3.20. The number of imidazole rings is 1. The third-order valence-electron chi connectivity index (χ3n) is 4.04. The molecule has 135 valence electrons. The highest BCUT2D eigenvalue weighted by Gasteiger charge is 2.18. The first-order chi connectivity index (χ1) is 13.2. The maximum absolute atomic E-state index is 12.5. The maximum atomic E-state index is 12.5. The van der Waals surface area contributed by atoms with Crippen LogP contribution in [0.25, 0.3) is 22.7 Å². The Labute approximate surface area is 152 Å². The zero-order valence-electron chi connectivity index (χ0n) is 14.2. The highest BCUT2D eigenvalue weighted by molar-refractivity contribution is 5.90. The van der Waals surface area contributed by atoms with Gasteiger partial charge in [0.1, 0.15) is 17.0 Å². The maximum Gasteiger partial charge on any atom is 0.328 e. The van der Waals surface area contributed by atoms with Gasteiger partial charge in [-0.3, -0.25) is 14.5 Å². The second-order valence-electron chi connectivity index (χ2n) is 5.61. The molecule has 0 saturated carbocycles. The van der Waals surface area contributed by atoms with E-state index in [0.717, 1.165) is 5.56 Å². The van der Waals surface area contributed by atoms with E-state index >= 15 is 0 Å². The van der Waals surface area contributed by atoms with Crippen molar-refractivity contribution in [2.75, 3.05) is 12.4 Å². The Morgan fingerprint density at radius 2 is 2.11 bits per heavy atom. The number of fused-ring (bicyclic) bond motifs is 1. The molecule has 10 nitrogen and oxygen atoms in total. The van der Waals surface area contributed by atoms with Crippen molar-refractivity contribution < 1.29 is 9.53 Å². The average Bonchev–Trinajstić information content (AvgIpc) is 3.32. The zero-order valence-corrected chi connectivity index (χ0v) is 14.2. The van der Waals surface area contributed by atoms with Crippen LogP contribution in [0.1, 0.15) is 5.56 Å². The lowest BCUT2D eigenvalue weighted by molar-refractivity contribution is 0.408.